The van der Waals surface area contributed by atoms with Crippen LogP contribution >= 0.6 is 0 Å². The van der Waals surface area contributed by atoms with Crippen molar-refractivity contribution >= 4 is 17.1 Å². The van der Waals surface area contributed by atoms with E-state index in [9.17, 15) is 0 Å². The molecule has 0 amide bonds. The summed E-state index contributed by atoms with van der Waals surface area (Å²) in [7, 11) is 0. The molecule has 0 bridgehead atoms. The lowest BCUT2D eigenvalue weighted by Crippen LogP contribution is -2.28. The van der Waals surface area contributed by atoms with E-state index in [0.29, 0.717) is 0 Å². The van der Waals surface area contributed by atoms with Crippen molar-refractivity contribution in [1.29, 1.82) is 0 Å². The van der Waals surface area contributed by atoms with Crippen LogP contribution in [0.3, 0.4) is 0 Å². The van der Waals surface area contributed by atoms with Crippen molar-refractivity contribution in [3.8, 4) is 55.6 Å². The third kappa shape index (κ3) is 6.46. The van der Waals surface area contributed by atoms with Gasteiger partial charge in [0.15, 0.2) is 0 Å². The number of anilines is 3. The molecule has 0 heterocycles. The normalized spacial score (nSPS) is 14.8. The lowest BCUT2D eigenvalue weighted by Gasteiger charge is -2.34. The first-order valence-electron chi connectivity index (χ1n) is 24.4. The third-order valence-corrected chi connectivity index (χ3v) is 15.2. The van der Waals surface area contributed by atoms with Crippen molar-refractivity contribution in [2.24, 2.45) is 0 Å². The minimum absolute atomic E-state index is 0.306. The van der Waals surface area contributed by atoms with E-state index in [4.69, 9.17) is 0 Å². The lowest BCUT2D eigenvalue weighted by molar-refractivity contribution is 0.714. The van der Waals surface area contributed by atoms with Crippen molar-refractivity contribution < 1.29 is 0 Å². The standard InChI is InChI=1S/C69H49N/c1-68(53-24-8-3-9-25-53)63-34-17-14-32-59(63)61-44-40-52(47-65(61)68)58-31-16-19-36-67(58)70(57-30-20-23-50(45-57)48-21-6-2-7-22-48)56-41-37-49(38-42-56)51-39-43-62-60-33-15-18-35-64(60)69(66(62)46-51,54-26-10-4-11-27-54)55-28-12-5-13-29-55/h2-47H,1H3. The van der Waals surface area contributed by atoms with Crippen molar-refractivity contribution in [2.45, 2.75) is 17.8 Å². The maximum Gasteiger partial charge on any atom is 0.0713 e. The fourth-order valence-electron chi connectivity index (χ4n) is 12.0. The third-order valence-electron chi connectivity index (χ3n) is 15.2. The minimum atomic E-state index is -0.465. The molecule has 2 aliphatic carbocycles. The summed E-state index contributed by atoms with van der Waals surface area (Å²) >= 11 is 0. The zero-order valence-electron chi connectivity index (χ0n) is 39.0. The average Bonchev–Trinajstić information content (AvgIpc) is 3.89. The summed E-state index contributed by atoms with van der Waals surface area (Å²) in [5.74, 6) is 0. The number of benzene rings is 11. The first-order chi connectivity index (χ1) is 34.6. The zero-order chi connectivity index (χ0) is 46.7. The molecule has 1 atom stereocenters. The Balaban J connectivity index is 0.956. The Hall–Kier alpha value is -8.78. The van der Waals surface area contributed by atoms with Crippen molar-refractivity contribution in [2.75, 3.05) is 4.90 Å². The Bertz CT molecular complexity index is 3670. The van der Waals surface area contributed by atoms with Gasteiger partial charge in [0, 0.05) is 22.4 Å². The maximum absolute atomic E-state index is 2.46. The number of hydrogen-bond acceptors (Lipinski definition) is 1. The van der Waals surface area contributed by atoms with Crippen LogP contribution in [0.4, 0.5) is 17.1 Å². The molecule has 1 nitrogen and oxygen atoms in total. The predicted octanol–water partition coefficient (Wildman–Crippen LogP) is 17.9. The number of nitrogens with zero attached hydrogens (tertiary/aromatic N) is 1. The summed E-state index contributed by atoms with van der Waals surface area (Å²) in [6.07, 6.45) is 0. The second-order valence-corrected chi connectivity index (χ2v) is 18.9. The number of rotatable bonds is 9. The number of fused-ring (bicyclic) bond motifs is 6. The summed E-state index contributed by atoms with van der Waals surface area (Å²) in [6.45, 7) is 2.40. The van der Waals surface area contributed by atoms with Gasteiger partial charge in [-0.05, 0) is 138 Å². The summed E-state index contributed by atoms with van der Waals surface area (Å²) in [5, 5.41) is 0. The molecule has 0 saturated carbocycles. The second-order valence-electron chi connectivity index (χ2n) is 18.9. The van der Waals surface area contributed by atoms with Gasteiger partial charge in [-0.2, -0.15) is 0 Å². The van der Waals surface area contributed by atoms with Crippen molar-refractivity contribution in [1.82, 2.24) is 0 Å². The van der Waals surface area contributed by atoms with Crippen LogP contribution in [0.25, 0.3) is 55.6 Å². The van der Waals surface area contributed by atoms with Gasteiger partial charge in [0.25, 0.3) is 0 Å². The van der Waals surface area contributed by atoms with E-state index in [0.717, 1.165) is 17.1 Å². The van der Waals surface area contributed by atoms with Crippen LogP contribution in [0.15, 0.2) is 279 Å². The van der Waals surface area contributed by atoms with E-state index < -0.39 is 5.41 Å². The van der Waals surface area contributed by atoms with Crippen LogP contribution in [0.2, 0.25) is 0 Å². The zero-order valence-corrected chi connectivity index (χ0v) is 39.0. The molecular formula is C69H49N. The van der Waals surface area contributed by atoms with E-state index >= 15 is 0 Å². The van der Waals surface area contributed by atoms with E-state index in [1.807, 2.05) is 0 Å². The van der Waals surface area contributed by atoms with Gasteiger partial charge < -0.3 is 4.90 Å². The van der Waals surface area contributed by atoms with Crippen molar-refractivity contribution in [3.05, 3.63) is 318 Å². The Labute approximate surface area is 411 Å². The molecule has 1 unspecified atom stereocenters. The SMILES string of the molecule is CC1(c2ccccc2)c2ccccc2-c2ccc(-c3ccccc3N(c3ccc(-c4ccc5c(c4)C(c4ccccc4)(c4ccccc4)c4ccccc4-5)cc3)c3cccc(-c4ccccc4)c3)cc21. The molecule has 70 heavy (non-hydrogen) atoms. The summed E-state index contributed by atoms with van der Waals surface area (Å²) in [4.78, 5) is 2.44. The van der Waals surface area contributed by atoms with Crippen LogP contribution in [0.1, 0.15) is 45.9 Å². The van der Waals surface area contributed by atoms with Gasteiger partial charge in [0.2, 0.25) is 0 Å². The van der Waals surface area contributed by atoms with Crippen LogP contribution in [0, 0.1) is 0 Å². The lowest BCUT2D eigenvalue weighted by atomic mass is 9.67. The van der Waals surface area contributed by atoms with Gasteiger partial charge in [0.1, 0.15) is 0 Å². The molecule has 2 aliphatic rings. The molecule has 0 aliphatic heterocycles. The summed E-state index contributed by atoms with van der Waals surface area (Å²) in [6, 6.07) is 103. The Morgan fingerprint density at radius 1 is 0.257 bits per heavy atom. The van der Waals surface area contributed by atoms with Crippen molar-refractivity contribution in [3.63, 3.8) is 0 Å². The van der Waals surface area contributed by atoms with Crippen LogP contribution in [-0.4, -0.2) is 0 Å². The van der Waals surface area contributed by atoms with Gasteiger partial charge in [0.05, 0.1) is 11.1 Å². The highest BCUT2D eigenvalue weighted by molar-refractivity contribution is 5.93. The Kier molecular flexibility index (Phi) is 9.92. The van der Waals surface area contributed by atoms with E-state index in [2.05, 4.69) is 291 Å². The quantitative estimate of drug-likeness (QED) is 0.140. The van der Waals surface area contributed by atoms with E-state index in [1.165, 1.54) is 94.6 Å². The predicted molar refractivity (Wildman–Crippen MR) is 292 cm³/mol. The molecule has 0 aromatic heterocycles. The molecule has 11 aromatic rings. The Morgan fingerprint density at radius 2 is 0.700 bits per heavy atom. The monoisotopic (exact) mass is 891 g/mol. The van der Waals surface area contributed by atoms with Gasteiger partial charge in [-0.15, -0.1) is 0 Å². The van der Waals surface area contributed by atoms with E-state index in [-0.39, 0.29) is 5.41 Å². The van der Waals surface area contributed by atoms with Crippen LogP contribution < -0.4 is 4.90 Å². The smallest absolute Gasteiger partial charge is 0.0713 e. The second kappa shape index (κ2) is 16.8. The molecule has 0 spiro atoms. The first-order valence-corrected chi connectivity index (χ1v) is 24.4. The fraction of sp³-hybridized carbons (Fsp3) is 0.0435. The molecule has 0 fully saturated rings. The molecule has 0 radical (unpaired) electrons. The molecule has 0 N–H and O–H groups in total. The highest BCUT2D eigenvalue weighted by Crippen LogP contribution is 2.57. The highest BCUT2D eigenvalue weighted by atomic mass is 15.1. The molecule has 0 saturated heterocycles. The molecule has 1 heteroatoms. The highest BCUT2D eigenvalue weighted by Gasteiger charge is 2.46. The number of para-hydroxylation sites is 1. The summed E-state index contributed by atoms with van der Waals surface area (Å²) < 4.78 is 0. The molecular weight excluding hydrogens is 843 g/mol. The number of hydrogen-bond donors (Lipinski definition) is 0. The molecule has 13 rings (SSSR count). The first kappa shape index (κ1) is 41.4. The van der Waals surface area contributed by atoms with Crippen LogP contribution in [0.5, 0.6) is 0 Å². The topological polar surface area (TPSA) is 3.24 Å². The van der Waals surface area contributed by atoms with Gasteiger partial charge in [-0.25, -0.2) is 0 Å². The maximum atomic E-state index is 2.46. The fourth-order valence-corrected chi connectivity index (χ4v) is 12.0. The van der Waals surface area contributed by atoms with E-state index in [1.54, 1.807) is 0 Å². The average molecular weight is 892 g/mol. The molecule has 330 valence electrons. The van der Waals surface area contributed by atoms with Crippen LogP contribution in [-0.2, 0) is 10.8 Å². The molecule has 11 aromatic carbocycles. The van der Waals surface area contributed by atoms with Gasteiger partial charge in [-0.3, -0.25) is 0 Å². The Morgan fingerprint density at radius 3 is 1.37 bits per heavy atom. The van der Waals surface area contributed by atoms with Gasteiger partial charge in [-0.1, -0.05) is 237 Å². The largest absolute Gasteiger partial charge is 0.310 e. The summed E-state index contributed by atoms with van der Waals surface area (Å²) in [5.41, 5.74) is 23.9. The minimum Gasteiger partial charge on any atom is -0.310 e. The van der Waals surface area contributed by atoms with Gasteiger partial charge >= 0.3 is 0 Å².